The van der Waals surface area contributed by atoms with E-state index in [4.69, 9.17) is 4.74 Å². The Kier molecular flexibility index (Phi) is 7.79. The van der Waals surface area contributed by atoms with E-state index in [1.54, 1.807) is 12.1 Å². The maximum absolute atomic E-state index is 13.2. The van der Waals surface area contributed by atoms with Gasteiger partial charge in [0.2, 0.25) is 0 Å². The minimum atomic E-state index is -3.49. The first-order chi connectivity index (χ1) is 18.3. The summed E-state index contributed by atoms with van der Waals surface area (Å²) in [6.07, 6.45) is 3.98. The van der Waals surface area contributed by atoms with Crippen molar-refractivity contribution in [3.05, 3.63) is 89.0 Å². The number of benzene rings is 3. The molecular formula is C31H34N2O4S. The average Bonchev–Trinajstić information content (AvgIpc) is 3.06. The van der Waals surface area contributed by atoms with Gasteiger partial charge >= 0.3 is 0 Å². The topological polar surface area (TPSA) is 75.7 Å². The number of sulfone groups is 1. The van der Waals surface area contributed by atoms with Crippen LogP contribution in [0.4, 0.5) is 5.69 Å². The molecule has 1 amide bonds. The largest absolute Gasteiger partial charge is 0.381 e. The first-order valence-electron chi connectivity index (χ1n) is 13.1. The molecule has 2 aliphatic rings. The summed E-state index contributed by atoms with van der Waals surface area (Å²) in [6.45, 7) is 4.49. The van der Waals surface area contributed by atoms with Crippen LogP contribution >= 0.6 is 0 Å². The lowest BCUT2D eigenvalue weighted by molar-refractivity contribution is -0.112. The van der Waals surface area contributed by atoms with E-state index in [1.165, 1.54) is 5.56 Å². The number of carbonyl (C=O) groups excluding carboxylic acids is 1. The van der Waals surface area contributed by atoms with Gasteiger partial charge in [0.1, 0.15) is 0 Å². The van der Waals surface area contributed by atoms with Crippen LogP contribution in [-0.2, 0) is 25.9 Å². The van der Waals surface area contributed by atoms with Crippen LogP contribution in [0.5, 0.6) is 0 Å². The third-order valence-electron chi connectivity index (χ3n) is 7.45. The lowest BCUT2D eigenvalue weighted by Gasteiger charge is -2.31. The van der Waals surface area contributed by atoms with Gasteiger partial charge in [-0.3, -0.25) is 9.69 Å². The standard InChI is InChI=1S/C31H34N2O4S/c1-22-3-7-24(8-4-22)25-9-12-30-27(19-25)20-26(15-18-38(30,35)36)31(34)32-28-10-5-23(6-11-28)21-33(2)29-13-16-37-17-14-29/h3-12,19-20,29H,13-18,21H2,1-2H3,(H,32,34). The molecule has 6 nitrogen and oxygen atoms in total. The van der Waals surface area contributed by atoms with Gasteiger partial charge in [-0.15, -0.1) is 0 Å². The zero-order valence-corrected chi connectivity index (χ0v) is 22.8. The Balaban J connectivity index is 1.32. The summed E-state index contributed by atoms with van der Waals surface area (Å²) in [4.78, 5) is 15.8. The van der Waals surface area contributed by atoms with Gasteiger partial charge in [-0.1, -0.05) is 48.0 Å². The monoisotopic (exact) mass is 530 g/mol. The molecule has 198 valence electrons. The van der Waals surface area contributed by atoms with Crippen molar-refractivity contribution in [1.82, 2.24) is 4.90 Å². The SMILES string of the molecule is Cc1ccc(-c2ccc3c(c2)C=C(C(=O)Nc2ccc(CN(C)C4CCOCC4)cc2)CCS3(=O)=O)cc1. The first-order valence-corrected chi connectivity index (χ1v) is 14.8. The average molecular weight is 531 g/mol. The highest BCUT2D eigenvalue weighted by atomic mass is 32.2. The third-order valence-corrected chi connectivity index (χ3v) is 9.23. The van der Waals surface area contributed by atoms with Gasteiger partial charge in [0.15, 0.2) is 9.84 Å². The lowest BCUT2D eigenvalue weighted by atomic mass is 10.0. The van der Waals surface area contributed by atoms with Crippen molar-refractivity contribution in [3.8, 4) is 11.1 Å². The zero-order valence-electron chi connectivity index (χ0n) is 21.9. The van der Waals surface area contributed by atoms with E-state index in [-0.39, 0.29) is 23.0 Å². The van der Waals surface area contributed by atoms with E-state index in [0.717, 1.165) is 49.3 Å². The van der Waals surface area contributed by atoms with E-state index in [0.29, 0.717) is 22.9 Å². The van der Waals surface area contributed by atoms with Gasteiger partial charge in [-0.05, 0) is 85.8 Å². The van der Waals surface area contributed by atoms with Gasteiger partial charge in [0.05, 0.1) is 10.6 Å². The number of nitrogens with zero attached hydrogens (tertiary/aromatic N) is 1. The number of anilines is 1. The van der Waals surface area contributed by atoms with E-state index in [1.807, 2.05) is 67.6 Å². The number of hydrogen-bond acceptors (Lipinski definition) is 5. The Labute approximate surface area is 225 Å². The molecule has 1 fully saturated rings. The smallest absolute Gasteiger partial charge is 0.251 e. The predicted octanol–water partition coefficient (Wildman–Crippen LogP) is 5.47. The van der Waals surface area contributed by atoms with Crippen LogP contribution in [0.25, 0.3) is 17.2 Å². The fourth-order valence-electron chi connectivity index (χ4n) is 5.11. The van der Waals surface area contributed by atoms with Crippen LogP contribution in [0.3, 0.4) is 0 Å². The number of hydrogen-bond donors (Lipinski definition) is 1. The molecule has 3 aromatic rings. The van der Waals surface area contributed by atoms with Crippen LogP contribution in [-0.4, -0.2) is 51.3 Å². The molecular weight excluding hydrogens is 496 g/mol. The van der Waals surface area contributed by atoms with Crippen LogP contribution < -0.4 is 5.32 Å². The van der Waals surface area contributed by atoms with E-state index in [2.05, 4.69) is 17.3 Å². The van der Waals surface area contributed by atoms with Crippen molar-refractivity contribution in [2.75, 3.05) is 31.3 Å². The maximum atomic E-state index is 13.2. The predicted molar refractivity (Wildman–Crippen MR) is 152 cm³/mol. The summed E-state index contributed by atoms with van der Waals surface area (Å²) in [5, 5.41) is 2.96. The molecule has 3 aromatic carbocycles. The van der Waals surface area contributed by atoms with Crippen molar-refractivity contribution in [2.24, 2.45) is 0 Å². The van der Waals surface area contributed by atoms with E-state index in [9.17, 15) is 13.2 Å². The molecule has 1 saturated heterocycles. The summed E-state index contributed by atoms with van der Waals surface area (Å²) < 4.78 is 31.4. The molecule has 0 atom stereocenters. The molecule has 5 rings (SSSR count). The molecule has 0 spiro atoms. The van der Waals surface area contributed by atoms with Crippen molar-refractivity contribution < 1.29 is 17.9 Å². The fraction of sp³-hybridized carbons (Fsp3) is 0.323. The number of amides is 1. The van der Waals surface area contributed by atoms with Crippen molar-refractivity contribution in [3.63, 3.8) is 0 Å². The molecule has 2 aliphatic heterocycles. The molecule has 1 N–H and O–H groups in total. The molecule has 0 bridgehead atoms. The fourth-order valence-corrected chi connectivity index (χ4v) is 6.57. The van der Waals surface area contributed by atoms with Crippen LogP contribution in [0.2, 0.25) is 0 Å². The summed E-state index contributed by atoms with van der Waals surface area (Å²) in [5.74, 6) is -0.374. The van der Waals surface area contributed by atoms with E-state index >= 15 is 0 Å². The lowest BCUT2D eigenvalue weighted by Crippen LogP contribution is -2.36. The van der Waals surface area contributed by atoms with Crippen LogP contribution in [0, 0.1) is 6.92 Å². The summed E-state index contributed by atoms with van der Waals surface area (Å²) >= 11 is 0. The van der Waals surface area contributed by atoms with Crippen molar-refractivity contribution in [2.45, 2.75) is 43.7 Å². The Bertz CT molecular complexity index is 1440. The molecule has 0 unspecified atom stereocenters. The number of ether oxygens (including phenoxy) is 1. The zero-order chi connectivity index (χ0) is 26.7. The van der Waals surface area contributed by atoms with Gasteiger partial charge in [-0.25, -0.2) is 8.42 Å². The molecule has 2 heterocycles. The minimum absolute atomic E-state index is 0.0966. The summed E-state index contributed by atoms with van der Waals surface area (Å²) in [6, 6.07) is 21.8. The normalized spacial score (nSPS) is 17.4. The number of aryl methyl sites for hydroxylation is 1. The molecule has 0 aromatic heterocycles. The number of carbonyl (C=O) groups is 1. The van der Waals surface area contributed by atoms with Gasteiger partial charge in [0, 0.05) is 37.1 Å². The molecule has 0 saturated carbocycles. The second-order valence-corrected chi connectivity index (χ2v) is 12.3. The Hall–Kier alpha value is -3.26. The Morgan fingerprint density at radius 3 is 2.37 bits per heavy atom. The molecule has 7 heteroatoms. The number of rotatable bonds is 6. The molecule has 38 heavy (non-hydrogen) atoms. The van der Waals surface area contributed by atoms with Gasteiger partial charge < -0.3 is 10.1 Å². The number of nitrogens with one attached hydrogen (secondary N) is 1. The molecule has 0 aliphatic carbocycles. The van der Waals surface area contributed by atoms with Crippen molar-refractivity contribution in [1.29, 1.82) is 0 Å². The van der Waals surface area contributed by atoms with Gasteiger partial charge in [0.25, 0.3) is 5.91 Å². The van der Waals surface area contributed by atoms with Crippen LogP contribution in [0.15, 0.2) is 77.2 Å². The highest BCUT2D eigenvalue weighted by Gasteiger charge is 2.25. The minimum Gasteiger partial charge on any atom is -0.381 e. The quantitative estimate of drug-likeness (QED) is 0.457. The Morgan fingerprint density at radius 2 is 1.66 bits per heavy atom. The highest BCUT2D eigenvalue weighted by molar-refractivity contribution is 7.91. The first kappa shape index (κ1) is 26.4. The van der Waals surface area contributed by atoms with Crippen LogP contribution in [0.1, 0.15) is 36.0 Å². The van der Waals surface area contributed by atoms with E-state index < -0.39 is 9.84 Å². The summed E-state index contributed by atoms with van der Waals surface area (Å²) in [5.41, 5.74) is 5.95. The third kappa shape index (κ3) is 6.07. The highest BCUT2D eigenvalue weighted by Crippen LogP contribution is 2.31. The van der Waals surface area contributed by atoms with Gasteiger partial charge in [-0.2, -0.15) is 0 Å². The Morgan fingerprint density at radius 1 is 0.974 bits per heavy atom. The second-order valence-electron chi connectivity index (χ2n) is 10.3. The number of fused-ring (bicyclic) bond motifs is 1. The maximum Gasteiger partial charge on any atom is 0.251 e. The second kappa shape index (κ2) is 11.2. The molecule has 0 radical (unpaired) electrons. The summed E-state index contributed by atoms with van der Waals surface area (Å²) in [7, 11) is -1.36. The van der Waals surface area contributed by atoms with Crippen molar-refractivity contribution >= 4 is 27.5 Å².